The second kappa shape index (κ2) is 6.75. The first-order valence-electron chi connectivity index (χ1n) is 7.73. The van der Waals surface area contributed by atoms with E-state index in [0.717, 1.165) is 18.0 Å². The van der Waals surface area contributed by atoms with Gasteiger partial charge in [0.2, 0.25) is 0 Å². The fourth-order valence-corrected chi connectivity index (χ4v) is 3.11. The zero-order chi connectivity index (χ0) is 12.1. The molecule has 2 unspecified atom stereocenters. The van der Waals surface area contributed by atoms with Crippen LogP contribution in [0.1, 0.15) is 58.3 Å². The van der Waals surface area contributed by atoms with Crippen LogP contribution < -0.4 is 5.32 Å². The molecule has 2 heteroatoms. The standard InChI is InChI=1S/C15H30N2/c1-3-14(12-13-7-8-13)16-10-9-15-6-4-5-11-17(15)2/h13-16H,3-12H2,1-2H3. The highest BCUT2D eigenvalue weighted by Crippen LogP contribution is 2.34. The normalized spacial score (nSPS) is 28.2. The van der Waals surface area contributed by atoms with Crippen molar-refractivity contribution >= 4 is 0 Å². The van der Waals surface area contributed by atoms with E-state index >= 15 is 0 Å². The van der Waals surface area contributed by atoms with Crippen molar-refractivity contribution in [2.24, 2.45) is 5.92 Å². The molecule has 0 spiro atoms. The highest BCUT2D eigenvalue weighted by molar-refractivity contribution is 4.81. The Hall–Kier alpha value is -0.0800. The van der Waals surface area contributed by atoms with Crippen LogP contribution in [0.15, 0.2) is 0 Å². The van der Waals surface area contributed by atoms with Crippen LogP contribution in [0.3, 0.4) is 0 Å². The zero-order valence-corrected chi connectivity index (χ0v) is 11.8. The first kappa shape index (κ1) is 13.4. The van der Waals surface area contributed by atoms with Crippen molar-refractivity contribution in [2.75, 3.05) is 20.1 Å². The van der Waals surface area contributed by atoms with Crippen LogP contribution in [-0.4, -0.2) is 37.1 Å². The molecule has 0 amide bonds. The minimum absolute atomic E-state index is 0.788. The van der Waals surface area contributed by atoms with Crippen LogP contribution in [0.25, 0.3) is 0 Å². The minimum Gasteiger partial charge on any atom is -0.314 e. The Bertz CT molecular complexity index is 213. The molecule has 0 aromatic rings. The number of likely N-dealkylation sites (tertiary alicyclic amines) is 1. The van der Waals surface area contributed by atoms with E-state index in [-0.39, 0.29) is 0 Å². The summed E-state index contributed by atoms with van der Waals surface area (Å²) in [6.45, 7) is 4.86. The van der Waals surface area contributed by atoms with Crippen LogP contribution in [0, 0.1) is 5.92 Å². The van der Waals surface area contributed by atoms with Crippen LogP contribution >= 0.6 is 0 Å². The topological polar surface area (TPSA) is 15.3 Å². The van der Waals surface area contributed by atoms with Crippen molar-refractivity contribution in [2.45, 2.75) is 70.4 Å². The van der Waals surface area contributed by atoms with Gasteiger partial charge in [0.25, 0.3) is 0 Å². The Kier molecular flexibility index (Phi) is 5.30. The summed E-state index contributed by atoms with van der Waals surface area (Å²) in [5.74, 6) is 1.06. The Balaban J connectivity index is 1.59. The van der Waals surface area contributed by atoms with Crippen molar-refractivity contribution in [1.29, 1.82) is 0 Å². The lowest BCUT2D eigenvalue weighted by molar-refractivity contribution is 0.174. The quantitative estimate of drug-likeness (QED) is 0.733. The molecule has 1 saturated heterocycles. The lowest BCUT2D eigenvalue weighted by atomic mass is 9.99. The number of nitrogens with zero attached hydrogens (tertiary/aromatic N) is 1. The van der Waals surface area contributed by atoms with Gasteiger partial charge in [-0.15, -0.1) is 0 Å². The summed E-state index contributed by atoms with van der Waals surface area (Å²) < 4.78 is 0. The van der Waals surface area contributed by atoms with Crippen molar-refractivity contribution in [1.82, 2.24) is 10.2 Å². The predicted octanol–water partition coefficient (Wildman–Crippen LogP) is 3.03. The maximum Gasteiger partial charge on any atom is 0.0104 e. The molecule has 2 atom stereocenters. The zero-order valence-electron chi connectivity index (χ0n) is 11.8. The van der Waals surface area contributed by atoms with E-state index in [9.17, 15) is 0 Å². The molecule has 100 valence electrons. The van der Waals surface area contributed by atoms with Crippen LogP contribution in [0.4, 0.5) is 0 Å². The molecule has 2 fully saturated rings. The average Bonchev–Trinajstić information content (AvgIpc) is 3.14. The third kappa shape index (κ3) is 4.59. The third-order valence-corrected chi connectivity index (χ3v) is 4.64. The van der Waals surface area contributed by atoms with E-state index in [1.807, 2.05) is 0 Å². The van der Waals surface area contributed by atoms with Gasteiger partial charge in [0.05, 0.1) is 0 Å². The summed E-state index contributed by atoms with van der Waals surface area (Å²) in [7, 11) is 2.30. The van der Waals surface area contributed by atoms with Gasteiger partial charge in [0, 0.05) is 12.1 Å². The molecule has 0 aromatic heterocycles. The molecule has 1 aliphatic heterocycles. The van der Waals surface area contributed by atoms with Crippen molar-refractivity contribution in [3.8, 4) is 0 Å². The van der Waals surface area contributed by atoms with Gasteiger partial charge < -0.3 is 10.2 Å². The Morgan fingerprint density at radius 1 is 1.24 bits per heavy atom. The molecule has 2 rings (SSSR count). The average molecular weight is 238 g/mol. The third-order valence-electron chi connectivity index (χ3n) is 4.64. The fraction of sp³-hybridized carbons (Fsp3) is 1.00. The lowest BCUT2D eigenvalue weighted by Crippen LogP contribution is -2.39. The maximum absolute atomic E-state index is 3.78. The molecule has 1 heterocycles. The largest absolute Gasteiger partial charge is 0.314 e. The molecule has 1 N–H and O–H groups in total. The summed E-state index contributed by atoms with van der Waals surface area (Å²) >= 11 is 0. The number of hydrogen-bond donors (Lipinski definition) is 1. The van der Waals surface area contributed by atoms with Gasteiger partial charge in [-0.1, -0.05) is 26.2 Å². The summed E-state index contributed by atoms with van der Waals surface area (Å²) in [5.41, 5.74) is 0. The van der Waals surface area contributed by atoms with E-state index < -0.39 is 0 Å². The molecule has 0 aromatic carbocycles. The van der Waals surface area contributed by atoms with Gasteiger partial charge in [-0.05, 0) is 58.2 Å². The second-order valence-corrected chi connectivity index (χ2v) is 6.16. The molecule has 1 aliphatic carbocycles. The van der Waals surface area contributed by atoms with Gasteiger partial charge in [-0.3, -0.25) is 0 Å². The highest BCUT2D eigenvalue weighted by atomic mass is 15.1. The van der Waals surface area contributed by atoms with Gasteiger partial charge >= 0.3 is 0 Å². The van der Waals surface area contributed by atoms with Crippen LogP contribution in [-0.2, 0) is 0 Å². The van der Waals surface area contributed by atoms with E-state index in [4.69, 9.17) is 0 Å². The molecule has 0 bridgehead atoms. The molecular formula is C15H30N2. The maximum atomic E-state index is 3.78. The van der Waals surface area contributed by atoms with E-state index in [2.05, 4.69) is 24.2 Å². The summed E-state index contributed by atoms with van der Waals surface area (Å²) in [5, 5.41) is 3.78. The second-order valence-electron chi connectivity index (χ2n) is 6.16. The number of nitrogens with one attached hydrogen (secondary N) is 1. The number of piperidine rings is 1. The molecule has 2 aliphatic rings. The number of rotatable bonds is 7. The van der Waals surface area contributed by atoms with Crippen LogP contribution in [0.2, 0.25) is 0 Å². The van der Waals surface area contributed by atoms with Gasteiger partial charge in [-0.25, -0.2) is 0 Å². The Morgan fingerprint density at radius 3 is 2.71 bits per heavy atom. The summed E-state index contributed by atoms with van der Waals surface area (Å²) in [6.07, 6.45) is 11.3. The molecular weight excluding hydrogens is 208 g/mol. The van der Waals surface area contributed by atoms with Gasteiger partial charge in [0.1, 0.15) is 0 Å². The fourth-order valence-electron chi connectivity index (χ4n) is 3.11. The summed E-state index contributed by atoms with van der Waals surface area (Å²) in [6, 6.07) is 1.63. The van der Waals surface area contributed by atoms with Crippen LogP contribution in [0.5, 0.6) is 0 Å². The summed E-state index contributed by atoms with van der Waals surface area (Å²) in [4.78, 5) is 2.56. The first-order chi connectivity index (χ1) is 8.29. The lowest BCUT2D eigenvalue weighted by Gasteiger charge is -2.33. The monoisotopic (exact) mass is 238 g/mol. The number of hydrogen-bond acceptors (Lipinski definition) is 2. The van der Waals surface area contributed by atoms with Crippen molar-refractivity contribution < 1.29 is 0 Å². The molecule has 0 radical (unpaired) electrons. The SMILES string of the molecule is CCC(CC1CC1)NCCC1CCCCN1C. The van der Waals surface area contributed by atoms with Crippen molar-refractivity contribution in [3.05, 3.63) is 0 Å². The van der Waals surface area contributed by atoms with Gasteiger partial charge in [-0.2, -0.15) is 0 Å². The molecule has 2 nitrogen and oxygen atoms in total. The van der Waals surface area contributed by atoms with Gasteiger partial charge in [0.15, 0.2) is 0 Å². The molecule has 1 saturated carbocycles. The first-order valence-corrected chi connectivity index (χ1v) is 7.73. The minimum atomic E-state index is 0.788. The van der Waals surface area contributed by atoms with E-state index in [1.54, 1.807) is 0 Å². The smallest absolute Gasteiger partial charge is 0.0104 e. The van der Waals surface area contributed by atoms with E-state index in [0.29, 0.717) is 0 Å². The van der Waals surface area contributed by atoms with Crippen molar-refractivity contribution in [3.63, 3.8) is 0 Å². The highest BCUT2D eigenvalue weighted by Gasteiger charge is 2.24. The van der Waals surface area contributed by atoms with E-state index in [1.165, 1.54) is 64.5 Å². The Labute approximate surface area is 107 Å². The molecule has 17 heavy (non-hydrogen) atoms. The Morgan fingerprint density at radius 2 is 2.06 bits per heavy atom. The predicted molar refractivity (Wildman–Crippen MR) is 74.3 cm³/mol.